The molecule has 2 aromatic rings. The Labute approximate surface area is 160 Å². The molecule has 4 N–H and O–H groups in total. The Bertz CT molecular complexity index is 696. The van der Waals surface area contributed by atoms with Crippen molar-refractivity contribution in [1.82, 2.24) is 5.32 Å². The number of aromatic hydroxyl groups is 1. The van der Waals surface area contributed by atoms with E-state index in [0.717, 1.165) is 34.6 Å². The van der Waals surface area contributed by atoms with Gasteiger partial charge in [0.15, 0.2) is 0 Å². The number of amides is 1. The number of carbonyl (C=O) groups is 1. The Morgan fingerprint density at radius 3 is 2.50 bits per heavy atom. The highest BCUT2D eigenvalue weighted by Gasteiger charge is 2.16. The van der Waals surface area contributed by atoms with Gasteiger partial charge >= 0.3 is 0 Å². The second-order valence-electron chi connectivity index (χ2n) is 6.55. The first-order valence-corrected chi connectivity index (χ1v) is 10.1. The number of hydrogen-bond acceptors (Lipinski definition) is 4. The molecule has 0 aliphatic heterocycles. The summed E-state index contributed by atoms with van der Waals surface area (Å²) in [5, 5.41) is 12.5. The quantitative estimate of drug-likeness (QED) is 0.590. The van der Waals surface area contributed by atoms with E-state index in [1.54, 1.807) is 12.1 Å². The first-order valence-electron chi connectivity index (χ1n) is 8.91. The van der Waals surface area contributed by atoms with Gasteiger partial charge in [0.25, 0.3) is 0 Å². The van der Waals surface area contributed by atoms with Crippen LogP contribution in [0.1, 0.15) is 28.7 Å². The van der Waals surface area contributed by atoms with Crippen LogP contribution in [0.15, 0.2) is 42.5 Å². The van der Waals surface area contributed by atoms with E-state index in [0.29, 0.717) is 13.0 Å². The van der Waals surface area contributed by atoms with Gasteiger partial charge in [0.1, 0.15) is 5.75 Å². The van der Waals surface area contributed by atoms with Crippen molar-refractivity contribution in [2.45, 2.75) is 38.5 Å². The van der Waals surface area contributed by atoms with Gasteiger partial charge in [0, 0.05) is 12.3 Å². The molecule has 4 nitrogen and oxygen atoms in total. The Morgan fingerprint density at radius 2 is 1.85 bits per heavy atom. The number of rotatable bonds is 9. The molecule has 5 heteroatoms. The summed E-state index contributed by atoms with van der Waals surface area (Å²) in [7, 11) is 0. The molecule has 2 aromatic carbocycles. The van der Waals surface area contributed by atoms with Crippen molar-refractivity contribution in [2.24, 2.45) is 5.73 Å². The highest BCUT2D eigenvalue weighted by Crippen LogP contribution is 2.21. The number of thioether (sulfide) groups is 1. The maximum Gasteiger partial charge on any atom is 0.237 e. The third-order valence-electron chi connectivity index (χ3n) is 4.32. The van der Waals surface area contributed by atoms with Crippen molar-refractivity contribution in [3.63, 3.8) is 0 Å². The SMILES string of the molecule is Cc1cc(O)cc(C)c1CC(N)C(=O)NCCCSCc1ccccc1. The van der Waals surface area contributed by atoms with Crippen LogP contribution >= 0.6 is 11.8 Å². The monoisotopic (exact) mass is 372 g/mol. The van der Waals surface area contributed by atoms with Crippen LogP contribution < -0.4 is 11.1 Å². The van der Waals surface area contributed by atoms with Crippen LogP contribution in [-0.4, -0.2) is 29.4 Å². The van der Waals surface area contributed by atoms with Gasteiger partial charge in [0.05, 0.1) is 6.04 Å². The minimum Gasteiger partial charge on any atom is -0.508 e. The maximum atomic E-state index is 12.2. The predicted octanol–water partition coefficient (Wildman–Crippen LogP) is 3.32. The summed E-state index contributed by atoms with van der Waals surface area (Å²) in [5.74, 6) is 2.12. The second-order valence-corrected chi connectivity index (χ2v) is 7.66. The van der Waals surface area contributed by atoms with E-state index in [4.69, 9.17) is 5.73 Å². The number of nitrogens with two attached hydrogens (primary N) is 1. The smallest absolute Gasteiger partial charge is 0.237 e. The summed E-state index contributed by atoms with van der Waals surface area (Å²) >= 11 is 1.87. The summed E-state index contributed by atoms with van der Waals surface area (Å²) in [6.07, 6.45) is 1.40. The number of phenols is 1. The number of carbonyl (C=O) groups excluding carboxylic acids is 1. The van der Waals surface area contributed by atoms with Crippen LogP contribution in [0, 0.1) is 13.8 Å². The van der Waals surface area contributed by atoms with E-state index in [-0.39, 0.29) is 11.7 Å². The highest BCUT2D eigenvalue weighted by atomic mass is 32.2. The molecular weight excluding hydrogens is 344 g/mol. The lowest BCUT2D eigenvalue weighted by molar-refractivity contribution is -0.122. The molecule has 1 unspecified atom stereocenters. The molecule has 26 heavy (non-hydrogen) atoms. The summed E-state index contributed by atoms with van der Waals surface area (Å²) < 4.78 is 0. The molecule has 0 bridgehead atoms. The third-order valence-corrected chi connectivity index (χ3v) is 5.43. The molecule has 1 amide bonds. The molecule has 140 valence electrons. The van der Waals surface area contributed by atoms with Crippen LogP contribution in [-0.2, 0) is 17.0 Å². The van der Waals surface area contributed by atoms with Crippen molar-refractivity contribution in [1.29, 1.82) is 0 Å². The van der Waals surface area contributed by atoms with Crippen LogP contribution in [0.3, 0.4) is 0 Å². The largest absolute Gasteiger partial charge is 0.508 e. The zero-order valence-electron chi connectivity index (χ0n) is 15.5. The fourth-order valence-corrected chi connectivity index (χ4v) is 3.81. The second kappa shape index (κ2) is 10.2. The lowest BCUT2D eigenvalue weighted by atomic mass is 9.96. The zero-order chi connectivity index (χ0) is 18.9. The number of nitrogens with one attached hydrogen (secondary N) is 1. The number of hydrogen-bond donors (Lipinski definition) is 3. The van der Waals surface area contributed by atoms with E-state index in [9.17, 15) is 9.90 Å². The van der Waals surface area contributed by atoms with Crippen molar-refractivity contribution in [3.8, 4) is 5.75 Å². The van der Waals surface area contributed by atoms with Crippen molar-refractivity contribution in [3.05, 3.63) is 64.7 Å². The number of phenolic OH excluding ortho intramolecular Hbond substituents is 1. The fourth-order valence-electron chi connectivity index (χ4n) is 2.89. The van der Waals surface area contributed by atoms with Gasteiger partial charge in [-0.3, -0.25) is 4.79 Å². The Balaban J connectivity index is 1.68. The summed E-state index contributed by atoms with van der Waals surface area (Å²) in [5.41, 5.74) is 10.3. The van der Waals surface area contributed by atoms with Gasteiger partial charge in [0.2, 0.25) is 5.91 Å². The molecule has 1 atom stereocenters. The van der Waals surface area contributed by atoms with E-state index in [1.807, 2.05) is 31.7 Å². The average Bonchev–Trinajstić information content (AvgIpc) is 2.61. The normalized spacial score (nSPS) is 12.0. The molecule has 0 aromatic heterocycles. The van der Waals surface area contributed by atoms with Gasteiger partial charge < -0.3 is 16.2 Å². The molecular formula is C21H28N2O2S. The van der Waals surface area contributed by atoms with Gasteiger partial charge in [-0.05, 0) is 66.8 Å². The predicted molar refractivity (Wildman–Crippen MR) is 109 cm³/mol. The molecule has 2 rings (SSSR count). The molecule has 0 saturated carbocycles. The zero-order valence-corrected chi connectivity index (χ0v) is 16.3. The summed E-state index contributed by atoms with van der Waals surface area (Å²) in [4.78, 5) is 12.2. The molecule has 0 aliphatic carbocycles. The number of benzene rings is 2. The maximum absolute atomic E-state index is 12.2. The standard InChI is InChI=1S/C21H28N2O2S/c1-15-11-18(24)12-16(2)19(15)13-20(22)21(25)23-9-6-10-26-14-17-7-4-3-5-8-17/h3-5,7-8,11-12,20,24H,6,9-10,13-14,22H2,1-2H3,(H,23,25). The van der Waals surface area contributed by atoms with Crippen molar-refractivity contribution in [2.75, 3.05) is 12.3 Å². The first-order chi connectivity index (χ1) is 12.5. The molecule has 0 fully saturated rings. The molecule has 0 heterocycles. The van der Waals surface area contributed by atoms with Crippen molar-refractivity contribution >= 4 is 17.7 Å². The van der Waals surface area contributed by atoms with Crippen LogP contribution in [0.25, 0.3) is 0 Å². The van der Waals surface area contributed by atoms with E-state index >= 15 is 0 Å². The fraction of sp³-hybridized carbons (Fsp3) is 0.381. The molecule has 0 radical (unpaired) electrons. The average molecular weight is 373 g/mol. The van der Waals surface area contributed by atoms with Crippen LogP contribution in [0.4, 0.5) is 0 Å². The van der Waals surface area contributed by atoms with Crippen LogP contribution in [0.5, 0.6) is 5.75 Å². The Hall–Kier alpha value is -1.98. The van der Waals surface area contributed by atoms with E-state index < -0.39 is 6.04 Å². The topological polar surface area (TPSA) is 75.3 Å². The first kappa shape index (κ1) is 20.3. The van der Waals surface area contributed by atoms with Gasteiger partial charge in [-0.2, -0.15) is 11.8 Å². The Morgan fingerprint density at radius 1 is 1.19 bits per heavy atom. The lowest BCUT2D eigenvalue weighted by Crippen LogP contribution is -2.42. The minimum atomic E-state index is -0.575. The van der Waals surface area contributed by atoms with Gasteiger partial charge in [-0.25, -0.2) is 0 Å². The van der Waals surface area contributed by atoms with Crippen molar-refractivity contribution < 1.29 is 9.90 Å². The summed E-state index contributed by atoms with van der Waals surface area (Å²) in [6.45, 7) is 4.50. The van der Waals surface area contributed by atoms with E-state index in [2.05, 4.69) is 29.6 Å². The van der Waals surface area contributed by atoms with Crippen LogP contribution in [0.2, 0.25) is 0 Å². The third kappa shape index (κ3) is 6.39. The molecule has 0 aliphatic rings. The highest BCUT2D eigenvalue weighted by molar-refractivity contribution is 7.98. The number of aryl methyl sites for hydroxylation is 2. The Kier molecular flexibility index (Phi) is 8.01. The lowest BCUT2D eigenvalue weighted by Gasteiger charge is -2.16. The minimum absolute atomic E-state index is 0.120. The molecule has 0 spiro atoms. The van der Waals surface area contributed by atoms with Gasteiger partial charge in [-0.1, -0.05) is 30.3 Å². The van der Waals surface area contributed by atoms with E-state index in [1.165, 1.54) is 5.56 Å². The summed E-state index contributed by atoms with van der Waals surface area (Å²) in [6, 6.07) is 13.2. The molecule has 0 saturated heterocycles. The van der Waals surface area contributed by atoms with Gasteiger partial charge in [-0.15, -0.1) is 0 Å².